The first-order valence-electron chi connectivity index (χ1n) is 6.52. The van der Waals surface area contributed by atoms with E-state index >= 15 is 0 Å². The van der Waals surface area contributed by atoms with Gasteiger partial charge in [-0.2, -0.15) is 0 Å². The van der Waals surface area contributed by atoms with Crippen molar-refractivity contribution < 1.29 is 0 Å². The van der Waals surface area contributed by atoms with Gasteiger partial charge in [-0.25, -0.2) is 0 Å². The Morgan fingerprint density at radius 1 is 1.00 bits per heavy atom. The van der Waals surface area contributed by atoms with Crippen molar-refractivity contribution in [3.8, 4) is 0 Å². The van der Waals surface area contributed by atoms with Gasteiger partial charge in [0.15, 0.2) is 0 Å². The highest BCUT2D eigenvalue weighted by atomic mass is 14.8. The first-order chi connectivity index (χ1) is 6.81. The molecule has 14 heavy (non-hydrogen) atoms. The van der Waals surface area contributed by atoms with Crippen LogP contribution in [0.5, 0.6) is 0 Å². The van der Waals surface area contributed by atoms with Gasteiger partial charge in [0.05, 0.1) is 0 Å². The molecule has 1 nitrogen and oxygen atoms in total. The minimum Gasteiger partial charge on any atom is -0.317 e. The lowest BCUT2D eigenvalue weighted by atomic mass is 9.88. The van der Waals surface area contributed by atoms with Crippen molar-refractivity contribution in [1.29, 1.82) is 0 Å². The van der Waals surface area contributed by atoms with Crippen LogP contribution in [-0.2, 0) is 0 Å². The molecule has 0 bridgehead atoms. The van der Waals surface area contributed by atoms with Crippen LogP contribution in [0.25, 0.3) is 0 Å². The molecular formula is C13H31N. The first kappa shape index (κ1) is 16.4. The Hall–Kier alpha value is -0.0400. The summed E-state index contributed by atoms with van der Waals surface area (Å²) in [5.41, 5.74) is 0. The molecule has 0 aromatic carbocycles. The van der Waals surface area contributed by atoms with Crippen LogP contribution in [0, 0.1) is 5.92 Å². The molecule has 0 atom stereocenters. The summed E-state index contributed by atoms with van der Waals surface area (Å²) in [6.07, 6.45) is 6.96. The summed E-state index contributed by atoms with van der Waals surface area (Å²) in [4.78, 5) is 0. The molecule has 0 radical (unpaired) electrons. The van der Waals surface area contributed by atoms with Crippen LogP contribution in [-0.4, -0.2) is 13.1 Å². The molecule has 1 heteroatoms. The first-order valence-corrected chi connectivity index (χ1v) is 6.52. The molecule has 1 rings (SSSR count). The Labute approximate surface area is 91.7 Å². The SMILES string of the molecule is CC.CC1CCC1.CCCNCCC. The van der Waals surface area contributed by atoms with E-state index in [1.807, 2.05) is 13.8 Å². The highest BCUT2D eigenvalue weighted by molar-refractivity contribution is 4.62. The van der Waals surface area contributed by atoms with Crippen molar-refractivity contribution in [1.82, 2.24) is 5.32 Å². The van der Waals surface area contributed by atoms with Crippen LogP contribution in [0.3, 0.4) is 0 Å². The summed E-state index contributed by atoms with van der Waals surface area (Å²) in [5, 5.41) is 3.28. The average Bonchev–Trinajstić information content (AvgIpc) is 2.20. The monoisotopic (exact) mass is 201 g/mol. The normalized spacial score (nSPS) is 14.4. The second kappa shape index (κ2) is 15.4. The van der Waals surface area contributed by atoms with E-state index in [0.717, 1.165) is 5.92 Å². The third-order valence-corrected chi connectivity index (χ3v) is 2.25. The number of hydrogen-bond acceptors (Lipinski definition) is 1. The Morgan fingerprint density at radius 2 is 1.36 bits per heavy atom. The average molecular weight is 201 g/mol. The van der Waals surface area contributed by atoms with E-state index in [2.05, 4.69) is 26.1 Å². The van der Waals surface area contributed by atoms with Gasteiger partial charge in [0, 0.05) is 0 Å². The van der Waals surface area contributed by atoms with Crippen LogP contribution >= 0.6 is 0 Å². The molecule has 0 amide bonds. The maximum absolute atomic E-state index is 3.28. The fourth-order valence-corrected chi connectivity index (χ4v) is 1.09. The molecule has 1 aliphatic carbocycles. The zero-order chi connectivity index (χ0) is 11.2. The standard InChI is InChI=1S/C6H15N.C5H10.C2H6/c1-3-5-7-6-4-2;1-5-3-2-4-5;1-2/h7H,3-6H2,1-2H3;5H,2-4H2,1H3;1-2H3. The molecule has 0 unspecified atom stereocenters. The number of hydrogen-bond donors (Lipinski definition) is 1. The summed E-state index contributed by atoms with van der Waals surface area (Å²) < 4.78 is 0. The quantitative estimate of drug-likeness (QED) is 0.671. The lowest BCUT2D eigenvalue weighted by Crippen LogP contribution is -2.14. The molecule has 0 heterocycles. The van der Waals surface area contributed by atoms with Gasteiger partial charge in [-0.15, -0.1) is 0 Å². The van der Waals surface area contributed by atoms with Gasteiger partial charge in [0.1, 0.15) is 0 Å². The smallest absolute Gasteiger partial charge is 0.00516 e. The van der Waals surface area contributed by atoms with Gasteiger partial charge in [0.25, 0.3) is 0 Å². The van der Waals surface area contributed by atoms with Crippen molar-refractivity contribution in [3.63, 3.8) is 0 Å². The fourth-order valence-electron chi connectivity index (χ4n) is 1.09. The van der Waals surface area contributed by atoms with E-state index in [0.29, 0.717) is 0 Å². The molecule has 1 aliphatic rings. The third kappa shape index (κ3) is 14.5. The lowest BCUT2D eigenvalue weighted by molar-refractivity contribution is 0.346. The minimum atomic E-state index is 1.06. The van der Waals surface area contributed by atoms with E-state index in [1.54, 1.807) is 0 Å². The largest absolute Gasteiger partial charge is 0.317 e. The van der Waals surface area contributed by atoms with Crippen molar-refractivity contribution >= 4 is 0 Å². The summed E-state index contributed by atoms with van der Waals surface area (Å²) in [6.45, 7) is 13.0. The molecule has 0 saturated heterocycles. The van der Waals surface area contributed by atoms with Crippen LogP contribution in [0.4, 0.5) is 0 Å². The van der Waals surface area contributed by atoms with E-state index in [1.165, 1.54) is 45.2 Å². The van der Waals surface area contributed by atoms with Crippen molar-refractivity contribution in [2.75, 3.05) is 13.1 Å². The number of nitrogens with one attached hydrogen (secondary N) is 1. The molecule has 0 aliphatic heterocycles. The topological polar surface area (TPSA) is 12.0 Å². The molecule has 1 N–H and O–H groups in total. The summed E-state index contributed by atoms with van der Waals surface area (Å²) in [6, 6.07) is 0. The van der Waals surface area contributed by atoms with Crippen molar-refractivity contribution in [2.45, 2.75) is 66.7 Å². The highest BCUT2D eigenvalue weighted by Crippen LogP contribution is 2.24. The van der Waals surface area contributed by atoms with Crippen LogP contribution in [0.1, 0.15) is 66.7 Å². The number of rotatable bonds is 4. The molecular weight excluding hydrogens is 170 g/mol. The zero-order valence-electron chi connectivity index (χ0n) is 11.0. The maximum Gasteiger partial charge on any atom is -0.00516 e. The maximum atomic E-state index is 3.28. The Bertz CT molecular complexity index is 73.3. The van der Waals surface area contributed by atoms with Crippen molar-refractivity contribution in [3.05, 3.63) is 0 Å². The van der Waals surface area contributed by atoms with Gasteiger partial charge >= 0.3 is 0 Å². The van der Waals surface area contributed by atoms with E-state index in [-0.39, 0.29) is 0 Å². The Balaban J connectivity index is 0. The molecule has 88 valence electrons. The van der Waals surface area contributed by atoms with Crippen molar-refractivity contribution in [2.24, 2.45) is 5.92 Å². The van der Waals surface area contributed by atoms with E-state index < -0.39 is 0 Å². The highest BCUT2D eigenvalue weighted by Gasteiger charge is 2.09. The van der Waals surface area contributed by atoms with E-state index in [9.17, 15) is 0 Å². The van der Waals surface area contributed by atoms with Crippen LogP contribution in [0.2, 0.25) is 0 Å². The second-order valence-electron chi connectivity index (χ2n) is 3.79. The van der Waals surface area contributed by atoms with Gasteiger partial charge in [-0.05, 0) is 31.8 Å². The molecule has 0 spiro atoms. The second-order valence-corrected chi connectivity index (χ2v) is 3.79. The van der Waals surface area contributed by atoms with Gasteiger partial charge < -0.3 is 5.32 Å². The fraction of sp³-hybridized carbons (Fsp3) is 1.00. The van der Waals surface area contributed by atoms with Crippen LogP contribution < -0.4 is 5.32 Å². The summed E-state index contributed by atoms with van der Waals surface area (Å²) >= 11 is 0. The lowest BCUT2D eigenvalue weighted by Gasteiger charge is -2.18. The van der Waals surface area contributed by atoms with Crippen LogP contribution in [0.15, 0.2) is 0 Å². The predicted octanol–water partition coefficient (Wildman–Crippen LogP) is 4.23. The summed E-state index contributed by atoms with van der Waals surface area (Å²) in [5.74, 6) is 1.06. The zero-order valence-corrected chi connectivity index (χ0v) is 11.0. The van der Waals surface area contributed by atoms with E-state index in [4.69, 9.17) is 0 Å². The Kier molecular flexibility index (Phi) is 18.1. The van der Waals surface area contributed by atoms with Gasteiger partial charge in [-0.3, -0.25) is 0 Å². The molecule has 1 saturated carbocycles. The molecule has 0 aromatic rings. The predicted molar refractivity (Wildman–Crippen MR) is 67.8 cm³/mol. The third-order valence-electron chi connectivity index (χ3n) is 2.25. The van der Waals surface area contributed by atoms with Gasteiger partial charge in [0.2, 0.25) is 0 Å². The van der Waals surface area contributed by atoms with Gasteiger partial charge in [-0.1, -0.05) is 53.9 Å². The molecule has 1 fully saturated rings. The minimum absolute atomic E-state index is 1.06. The molecule has 0 aromatic heterocycles. The summed E-state index contributed by atoms with van der Waals surface area (Å²) in [7, 11) is 0. The Morgan fingerprint density at radius 3 is 1.50 bits per heavy atom.